The van der Waals surface area contributed by atoms with Gasteiger partial charge in [0.05, 0.1) is 28.9 Å². The van der Waals surface area contributed by atoms with Gasteiger partial charge in [0.2, 0.25) is 0 Å². The Morgan fingerprint density at radius 2 is 1.93 bits per heavy atom. The summed E-state index contributed by atoms with van der Waals surface area (Å²) in [5, 5.41) is 3.73. The fourth-order valence-corrected chi connectivity index (χ4v) is 4.32. The Hall–Kier alpha value is -2.39. The van der Waals surface area contributed by atoms with E-state index in [0.29, 0.717) is 35.6 Å². The van der Waals surface area contributed by atoms with Crippen LogP contribution in [0.15, 0.2) is 30.3 Å². The third kappa shape index (κ3) is 3.30. The summed E-state index contributed by atoms with van der Waals surface area (Å²) >= 11 is 6.52. The van der Waals surface area contributed by atoms with Crippen LogP contribution in [0, 0.1) is 0 Å². The summed E-state index contributed by atoms with van der Waals surface area (Å²) in [6, 6.07) is 10.0. The van der Waals surface area contributed by atoms with Crippen LogP contribution in [0.25, 0.3) is 22.4 Å². The zero-order valence-corrected chi connectivity index (χ0v) is 16.9. The molecule has 6 rings (SSSR count). The van der Waals surface area contributed by atoms with Crippen molar-refractivity contribution < 1.29 is 18.9 Å². The molecule has 3 aliphatic heterocycles. The molecule has 156 valence electrons. The van der Waals surface area contributed by atoms with Gasteiger partial charge in [-0.3, -0.25) is 0 Å². The third-order valence-electron chi connectivity index (χ3n) is 5.76. The lowest BCUT2D eigenvalue weighted by atomic mass is 10.1. The van der Waals surface area contributed by atoms with Gasteiger partial charge in [-0.25, -0.2) is 4.98 Å². The Bertz CT molecular complexity index is 1070. The number of halogens is 1. The maximum atomic E-state index is 6.52. The first-order chi connectivity index (χ1) is 14.7. The van der Waals surface area contributed by atoms with Crippen molar-refractivity contribution in [3.63, 3.8) is 0 Å². The van der Waals surface area contributed by atoms with Crippen LogP contribution < -0.4 is 14.8 Å². The van der Waals surface area contributed by atoms with Gasteiger partial charge in [-0.15, -0.1) is 0 Å². The van der Waals surface area contributed by atoms with Crippen molar-refractivity contribution in [3.8, 4) is 23.0 Å². The molecule has 9 heteroatoms. The molecule has 30 heavy (non-hydrogen) atoms. The van der Waals surface area contributed by atoms with Gasteiger partial charge < -0.3 is 29.2 Å². The number of imidazole rings is 1. The monoisotopic (exact) mass is 428 g/mol. The number of fused-ring (bicyclic) bond motifs is 2. The molecule has 3 aromatic rings. The van der Waals surface area contributed by atoms with E-state index in [4.69, 9.17) is 30.5 Å². The number of nitrogens with one attached hydrogen (secondary N) is 2. The highest BCUT2D eigenvalue weighted by Gasteiger charge is 2.43. The van der Waals surface area contributed by atoms with Crippen LogP contribution in [0.2, 0.25) is 5.02 Å². The van der Waals surface area contributed by atoms with E-state index in [9.17, 15) is 0 Å². The van der Waals surface area contributed by atoms with Gasteiger partial charge in [-0.1, -0.05) is 11.6 Å². The number of H-pyrrole nitrogens is 1. The Morgan fingerprint density at radius 1 is 1.07 bits per heavy atom. The predicted octanol–water partition coefficient (Wildman–Crippen LogP) is 2.56. The Morgan fingerprint density at radius 3 is 2.73 bits per heavy atom. The van der Waals surface area contributed by atoms with E-state index in [1.165, 1.54) is 0 Å². The lowest BCUT2D eigenvalue weighted by Gasteiger charge is -2.27. The molecular formula is C21H21ClN4O4. The smallest absolute Gasteiger partial charge is 0.296 e. The molecule has 3 atom stereocenters. The molecule has 3 fully saturated rings. The predicted molar refractivity (Wildman–Crippen MR) is 110 cm³/mol. The zero-order chi connectivity index (χ0) is 20.1. The Balaban J connectivity index is 1.23. The Labute approximate surface area is 177 Å². The molecule has 2 N–H and O–H groups in total. The highest BCUT2D eigenvalue weighted by atomic mass is 35.5. The molecule has 0 spiro atoms. The second-order valence-electron chi connectivity index (χ2n) is 7.81. The van der Waals surface area contributed by atoms with Gasteiger partial charge in [0.15, 0.2) is 11.8 Å². The lowest BCUT2D eigenvalue weighted by Crippen LogP contribution is -2.50. The first kappa shape index (κ1) is 18.4. The van der Waals surface area contributed by atoms with Crippen molar-refractivity contribution in [3.05, 3.63) is 35.4 Å². The van der Waals surface area contributed by atoms with Gasteiger partial charge in [0, 0.05) is 25.3 Å². The summed E-state index contributed by atoms with van der Waals surface area (Å²) < 4.78 is 23.3. The summed E-state index contributed by atoms with van der Waals surface area (Å²) in [6.07, 6.45) is 1.05. The number of rotatable bonds is 5. The van der Waals surface area contributed by atoms with Crippen LogP contribution in [-0.2, 0) is 9.47 Å². The standard InChI is InChI=1S/C21H21ClN4O4/c22-14-7-15-20(26-21(24-15)30-17-10-28-16-5-6-27-19(16)17)25-18(14)11-1-3-12(4-2-11)29-13-8-23-9-13/h1-4,7,13,16-17,19,23H,5-6,8-10H2,(H,24,25,26). The molecule has 2 aromatic heterocycles. The summed E-state index contributed by atoms with van der Waals surface area (Å²) in [7, 11) is 0. The lowest BCUT2D eigenvalue weighted by molar-refractivity contribution is 0.0273. The molecule has 3 aliphatic rings. The van der Waals surface area contributed by atoms with Crippen molar-refractivity contribution in [1.29, 1.82) is 0 Å². The molecule has 1 aromatic carbocycles. The van der Waals surface area contributed by atoms with E-state index in [1.54, 1.807) is 0 Å². The molecule has 5 heterocycles. The number of hydrogen-bond donors (Lipinski definition) is 2. The summed E-state index contributed by atoms with van der Waals surface area (Å²) in [5.74, 6) is 0.837. The average molecular weight is 429 g/mol. The number of pyridine rings is 1. The summed E-state index contributed by atoms with van der Waals surface area (Å²) in [6.45, 7) is 2.97. The van der Waals surface area contributed by atoms with E-state index in [1.807, 2.05) is 30.3 Å². The molecule has 0 aliphatic carbocycles. The van der Waals surface area contributed by atoms with Gasteiger partial charge in [0.1, 0.15) is 18.0 Å². The van der Waals surface area contributed by atoms with E-state index >= 15 is 0 Å². The summed E-state index contributed by atoms with van der Waals surface area (Å²) in [4.78, 5) is 12.3. The fraction of sp³-hybridized carbons (Fsp3) is 0.429. The number of aromatic nitrogens is 3. The SMILES string of the molecule is Clc1cc2[nH]c(OC3COC4CCOC43)nc2nc1-c1ccc(OC2CNC2)cc1. The maximum Gasteiger partial charge on any atom is 0.296 e. The van der Waals surface area contributed by atoms with Crippen molar-refractivity contribution in [2.75, 3.05) is 26.3 Å². The minimum absolute atomic E-state index is 0.0400. The zero-order valence-electron chi connectivity index (χ0n) is 16.1. The van der Waals surface area contributed by atoms with Crippen molar-refractivity contribution in [1.82, 2.24) is 20.3 Å². The first-order valence-electron chi connectivity index (χ1n) is 10.2. The molecule has 0 radical (unpaired) electrons. The van der Waals surface area contributed by atoms with Gasteiger partial charge in [-0.05, 0) is 36.8 Å². The number of benzene rings is 1. The average Bonchev–Trinajstić information content (AvgIpc) is 3.42. The molecule has 0 bridgehead atoms. The van der Waals surface area contributed by atoms with Crippen molar-refractivity contribution in [2.24, 2.45) is 0 Å². The fourth-order valence-electron chi connectivity index (χ4n) is 4.06. The second kappa shape index (κ2) is 7.39. The molecule has 0 amide bonds. The van der Waals surface area contributed by atoms with Crippen LogP contribution >= 0.6 is 11.6 Å². The minimum Gasteiger partial charge on any atom is -0.488 e. The van der Waals surface area contributed by atoms with Crippen LogP contribution in [0.5, 0.6) is 11.8 Å². The molecule has 3 unspecified atom stereocenters. The van der Waals surface area contributed by atoms with Crippen LogP contribution in [0.4, 0.5) is 0 Å². The molecule has 3 saturated heterocycles. The molecule has 8 nitrogen and oxygen atoms in total. The number of hydrogen-bond acceptors (Lipinski definition) is 7. The van der Waals surface area contributed by atoms with Gasteiger partial charge in [0.25, 0.3) is 6.01 Å². The van der Waals surface area contributed by atoms with E-state index in [2.05, 4.69) is 20.3 Å². The van der Waals surface area contributed by atoms with Gasteiger partial charge in [-0.2, -0.15) is 4.98 Å². The summed E-state index contributed by atoms with van der Waals surface area (Å²) in [5.41, 5.74) is 2.84. The van der Waals surface area contributed by atoms with Crippen LogP contribution in [0.1, 0.15) is 6.42 Å². The van der Waals surface area contributed by atoms with E-state index < -0.39 is 0 Å². The highest BCUT2D eigenvalue weighted by Crippen LogP contribution is 2.32. The van der Waals surface area contributed by atoms with Gasteiger partial charge >= 0.3 is 0 Å². The quantitative estimate of drug-likeness (QED) is 0.645. The highest BCUT2D eigenvalue weighted by molar-refractivity contribution is 6.33. The van der Waals surface area contributed by atoms with Crippen molar-refractivity contribution in [2.45, 2.75) is 30.8 Å². The van der Waals surface area contributed by atoms with E-state index in [0.717, 1.165) is 36.3 Å². The third-order valence-corrected chi connectivity index (χ3v) is 6.05. The van der Waals surface area contributed by atoms with E-state index in [-0.39, 0.29) is 24.4 Å². The number of nitrogens with zero attached hydrogens (tertiary/aromatic N) is 2. The Kier molecular flexibility index (Phi) is 4.53. The number of aromatic amines is 1. The topological polar surface area (TPSA) is 90.5 Å². The first-order valence-corrected chi connectivity index (χ1v) is 10.5. The largest absolute Gasteiger partial charge is 0.488 e. The van der Waals surface area contributed by atoms with Crippen LogP contribution in [0.3, 0.4) is 0 Å². The van der Waals surface area contributed by atoms with Crippen molar-refractivity contribution >= 4 is 22.8 Å². The second-order valence-corrected chi connectivity index (χ2v) is 8.21. The van der Waals surface area contributed by atoms with Crippen LogP contribution in [-0.4, -0.2) is 65.7 Å². The normalized spacial score (nSPS) is 26.0. The number of ether oxygens (including phenoxy) is 4. The minimum atomic E-state index is -0.175. The maximum absolute atomic E-state index is 6.52. The molecular weight excluding hydrogens is 408 g/mol. The molecule has 0 saturated carbocycles.